The molecule has 17 heavy (non-hydrogen) atoms. The quantitative estimate of drug-likeness (QED) is 0.651. The summed E-state index contributed by atoms with van der Waals surface area (Å²) in [6, 6.07) is 0.226. The Morgan fingerprint density at radius 3 is 2.71 bits per heavy atom. The molecular weight excluding hydrogens is 218 g/mol. The summed E-state index contributed by atoms with van der Waals surface area (Å²) in [7, 11) is 1.94. The predicted octanol–water partition coefficient (Wildman–Crippen LogP) is 1.52. The molecule has 0 unspecified atom stereocenters. The van der Waals surface area contributed by atoms with Crippen molar-refractivity contribution in [2.24, 2.45) is 0 Å². The number of esters is 1. The first-order chi connectivity index (χ1) is 7.74. The molecule has 4 heteroatoms. The minimum atomic E-state index is -0.687. The van der Waals surface area contributed by atoms with E-state index in [0.29, 0.717) is 12.8 Å². The Hall–Kier alpha value is -0.900. The first-order valence-electron chi connectivity index (χ1n) is 6.23. The van der Waals surface area contributed by atoms with Gasteiger partial charge in [-0.05, 0) is 40.7 Å². The van der Waals surface area contributed by atoms with Crippen LogP contribution in [0.1, 0.15) is 46.5 Å². The zero-order valence-corrected chi connectivity index (χ0v) is 11.1. The third-order valence-electron chi connectivity index (χ3n) is 3.85. The van der Waals surface area contributed by atoms with Gasteiger partial charge < -0.3 is 4.74 Å². The Bertz CT molecular complexity index is 358. The molecule has 2 saturated heterocycles. The summed E-state index contributed by atoms with van der Waals surface area (Å²) >= 11 is 0. The highest BCUT2D eigenvalue weighted by atomic mass is 16.6. The lowest BCUT2D eigenvalue weighted by Gasteiger charge is -2.40. The van der Waals surface area contributed by atoms with Gasteiger partial charge in [-0.25, -0.2) is 0 Å². The minimum Gasteiger partial charge on any atom is -0.459 e. The van der Waals surface area contributed by atoms with Gasteiger partial charge in [-0.3, -0.25) is 14.5 Å². The van der Waals surface area contributed by atoms with Crippen LogP contribution in [0.25, 0.3) is 0 Å². The molecule has 2 aliphatic rings. The van der Waals surface area contributed by atoms with E-state index in [9.17, 15) is 9.59 Å². The van der Waals surface area contributed by atoms with Crippen LogP contribution in [0.5, 0.6) is 0 Å². The predicted molar refractivity (Wildman–Crippen MR) is 63.6 cm³/mol. The summed E-state index contributed by atoms with van der Waals surface area (Å²) < 4.78 is 5.48. The highest BCUT2D eigenvalue weighted by Gasteiger charge is 2.56. The highest BCUT2D eigenvalue weighted by molar-refractivity contribution is 5.92. The van der Waals surface area contributed by atoms with Crippen LogP contribution in [-0.2, 0) is 14.3 Å². The van der Waals surface area contributed by atoms with Crippen LogP contribution in [0.15, 0.2) is 0 Å². The van der Waals surface area contributed by atoms with Crippen molar-refractivity contribution in [3.63, 3.8) is 0 Å². The zero-order valence-electron chi connectivity index (χ0n) is 11.1. The first-order valence-corrected chi connectivity index (χ1v) is 6.23. The second-order valence-electron chi connectivity index (χ2n) is 6.26. The van der Waals surface area contributed by atoms with Crippen molar-refractivity contribution in [1.29, 1.82) is 0 Å². The van der Waals surface area contributed by atoms with E-state index < -0.39 is 11.1 Å². The second kappa shape index (κ2) is 3.80. The maximum Gasteiger partial charge on any atom is 0.327 e. The van der Waals surface area contributed by atoms with Crippen molar-refractivity contribution in [2.45, 2.75) is 63.6 Å². The number of hydrogen-bond acceptors (Lipinski definition) is 4. The number of likely N-dealkylation sites (N-methyl/N-ethyl adjacent to an activating group) is 1. The van der Waals surface area contributed by atoms with Crippen LogP contribution in [0, 0.1) is 0 Å². The molecule has 0 amide bonds. The molecule has 2 heterocycles. The van der Waals surface area contributed by atoms with E-state index in [-0.39, 0.29) is 17.8 Å². The van der Waals surface area contributed by atoms with Crippen molar-refractivity contribution >= 4 is 11.8 Å². The lowest BCUT2D eigenvalue weighted by Crippen LogP contribution is -2.57. The van der Waals surface area contributed by atoms with Crippen LogP contribution in [0.3, 0.4) is 0 Å². The van der Waals surface area contributed by atoms with Crippen LogP contribution in [0.4, 0.5) is 0 Å². The zero-order chi connectivity index (χ0) is 12.8. The van der Waals surface area contributed by atoms with Gasteiger partial charge in [-0.15, -0.1) is 0 Å². The van der Waals surface area contributed by atoms with Gasteiger partial charge in [0.2, 0.25) is 0 Å². The molecule has 2 atom stereocenters. The van der Waals surface area contributed by atoms with E-state index in [1.807, 2.05) is 27.8 Å². The molecule has 4 nitrogen and oxygen atoms in total. The van der Waals surface area contributed by atoms with Gasteiger partial charge >= 0.3 is 5.97 Å². The van der Waals surface area contributed by atoms with Crippen molar-refractivity contribution in [3.8, 4) is 0 Å². The van der Waals surface area contributed by atoms with Gasteiger partial charge in [-0.2, -0.15) is 0 Å². The average Bonchev–Trinajstić information content (AvgIpc) is 2.40. The van der Waals surface area contributed by atoms with Gasteiger partial charge in [0.1, 0.15) is 16.9 Å². The second-order valence-corrected chi connectivity index (χ2v) is 6.26. The number of nitrogens with zero attached hydrogens (tertiary/aromatic N) is 1. The van der Waals surface area contributed by atoms with Crippen molar-refractivity contribution in [3.05, 3.63) is 0 Å². The third-order valence-corrected chi connectivity index (χ3v) is 3.85. The standard InChI is InChI=1S/C13H21NO3/c1-12(2,3)17-11(16)13-6-5-9(14(13)4)7-10(15)8-13/h9H,5-8H2,1-4H3/t9-,13+/m0/s1. The van der Waals surface area contributed by atoms with Crippen molar-refractivity contribution < 1.29 is 14.3 Å². The summed E-state index contributed by atoms with van der Waals surface area (Å²) in [4.78, 5) is 26.1. The van der Waals surface area contributed by atoms with Gasteiger partial charge in [-0.1, -0.05) is 0 Å². The van der Waals surface area contributed by atoms with Gasteiger partial charge in [0.15, 0.2) is 0 Å². The Kier molecular flexibility index (Phi) is 2.81. The SMILES string of the molecule is CN1[C@H]2CC[C@]1(C(=O)OC(C)(C)C)CC(=O)C2. The number of ether oxygens (including phenoxy) is 1. The molecule has 0 N–H and O–H groups in total. The molecule has 0 saturated carbocycles. The Labute approximate surface area is 102 Å². The fraction of sp³-hybridized carbons (Fsp3) is 0.846. The highest BCUT2D eigenvalue weighted by Crippen LogP contribution is 2.42. The largest absolute Gasteiger partial charge is 0.459 e. The van der Waals surface area contributed by atoms with E-state index >= 15 is 0 Å². The van der Waals surface area contributed by atoms with Crippen LogP contribution in [-0.4, -0.2) is 40.9 Å². The Morgan fingerprint density at radius 2 is 2.12 bits per heavy atom. The number of rotatable bonds is 1. The molecule has 0 aliphatic carbocycles. The number of fused-ring (bicyclic) bond motifs is 2. The number of hydrogen-bond donors (Lipinski definition) is 0. The number of carbonyl (C=O) groups is 2. The lowest BCUT2D eigenvalue weighted by atomic mass is 9.88. The number of carbonyl (C=O) groups excluding carboxylic acids is 2. The topological polar surface area (TPSA) is 46.6 Å². The molecule has 2 rings (SSSR count). The Morgan fingerprint density at radius 1 is 1.47 bits per heavy atom. The molecule has 0 spiro atoms. The number of ketones is 1. The first kappa shape index (κ1) is 12.6. The monoisotopic (exact) mass is 239 g/mol. The molecular formula is C13H21NO3. The fourth-order valence-corrected chi connectivity index (χ4v) is 2.93. The smallest absolute Gasteiger partial charge is 0.327 e. The minimum absolute atomic E-state index is 0.191. The summed E-state index contributed by atoms with van der Waals surface area (Å²) in [5, 5.41) is 0. The normalized spacial score (nSPS) is 33.9. The molecule has 2 aliphatic heterocycles. The molecule has 0 aromatic carbocycles. The molecule has 0 radical (unpaired) electrons. The van der Waals surface area contributed by atoms with E-state index in [2.05, 4.69) is 4.90 Å². The Balaban J connectivity index is 2.22. The van der Waals surface area contributed by atoms with Crippen molar-refractivity contribution in [2.75, 3.05) is 7.05 Å². The third kappa shape index (κ3) is 2.10. The number of Topliss-reactive ketones (excluding diaryl/α,β-unsaturated/α-hetero) is 1. The van der Waals surface area contributed by atoms with Crippen LogP contribution >= 0.6 is 0 Å². The van der Waals surface area contributed by atoms with E-state index in [1.54, 1.807) is 0 Å². The van der Waals surface area contributed by atoms with E-state index in [1.165, 1.54) is 0 Å². The molecule has 0 aromatic heterocycles. The van der Waals surface area contributed by atoms with Gasteiger partial charge in [0.05, 0.1) is 0 Å². The maximum atomic E-state index is 12.3. The fourth-order valence-electron chi connectivity index (χ4n) is 2.93. The van der Waals surface area contributed by atoms with Gasteiger partial charge in [0, 0.05) is 18.9 Å². The summed E-state index contributed by atoms with van der Waals surface area (Å²) in [6.07, 6.45) is 2.56. The van der Waals surface area contributed by atoms with Gasteiger partial charge in [0.25, 0.3) is 0 Å². The summed E-state index contributed by atoms with van der Waals surface area (Å²) in [6.45, 7) is 5.58. The lowest BCUT2D eigenvalue weighted by molar-refractivity contribution is -0.171. The average molecular weight is 239 g/mol. The van der Waals surface area contributed by atoms with E-state index in [0.717, 1.165) is 12.8 Å². The van der Waals surface area contributed by atoms with E-state index in [4.69, 9.17) is 4.74 Å². The maximum absolute atomic E-state index is 12.3. The molecule has 0 aromatic rings. The number of piperidine rings is 1. The van der Waals surface area contributed by atoms with Crippen LogP contribution in [0.2, 0.25) is 0 Å². The summed E-state index contributed by atoms with van der Waals surface area (Å²) in [5.74, 6) is -0.0421. The van der Waals surface area contributed by atoms with Crippen molar-refractivity contribution in [1.82, 2.24) is 4.90 Å². The molecule has 96 valence electrons. The summed E-state index contributed by atoms with van der Waals surface area (Å²) in [5.41, 5.74) is -1.18. The van der Waals surface area contributed by atoms with Crippen LogP contribution < -0.4 is 0 Å². The molecule has 2 fully saturated rings. The molecule has 2 bridgehead atoms.